The van der Waals surface area contributed by atoms with Crippen LogP contribution >= 0.6 is 0 Å². The Labute approximate surface area is 87.9 Å². The van der Waals surface area contributed by atoms with E-state index in [9.17, 15) is 0 Å². The van der Waals surface area contributed by atoms with E-state index in [1.54, 1.807) is 14.0 Å². The highest BCUT2D eigenvalue weighted by atomic mass is 16.5. The molecule has 0 amide bonds. The van der Waals surface area contributed by atoms with Crippen molar-refractivity contribution >= 4 is 0 Å². The molecule has 0 atom stereocenters. The largest absolute Gasteiger partial charge is 0.497 e. The van der Waals surface area contributed by atoms with Gasteiger partial charge in [-0.15, -0.1) is 0 Å². The molecule has 0 aliphatic heterocycles. The molecule has 0 saturated heterocycles. The second-order valence-corrected chi connectivity index (χ2v) is 3.25. The maximum atomic E-state index is 5.07. The zero-order valence-electron chi connectivity index (χ0n) is 8.73. The normalized spacial score (nSPS) is 10.3. The fraction of sp³-hybridized carbons (Fsp3) is 0.273. The number of aryl methyl sites for hydroxylation is 1. The van der Waals surface area contributed by atoms with Gasteiger partial charge in [-0.3, -0.25) is 0 Å². The van der Waals surface area contributed by atoms with E-state index < -0.39 is 0 Å². The summed E-state index contributed by atoms with van der Waals surface area (Å²) in [5, 5.41) is 3.84. The van der Waals surface area contributed by atoms with Gasteiger partial charge in [0.25, 0.3) is 0 Å². The molecule has 2 rings (SSSR count). The number of ether oxygens (including phenoxy) is 1. The lowest BCUT2D eigenvalue weighted by molar-refractivity contribution is 0.388. The SMILES string of the molecule is COc1ccc(Cc2noc(C)n2)cc1. The summed E-state index contributed by atoms with van der Waals surface area (Å²) in [6, 6.07) is 7.82. The minimum absolute atomic E-state index is 0.596. The maximum absolute atomic E-state index is 5.07. The van der Waals surface area contributed by atoms with Crippen molar-refractivity contribution in [2.75, 3.05) is 7.11 Å². The van der Waals surface area contributed by atoms with Crippen molar-refractivity contribution in [3.63, 3.8) is 0 Å². The monoisotopic (exact) mass is 204 g/mol. The van der Waals surface area contributed by atoms with Crippen LogP contribution in [0, 0.1) is 6.92 Å². The fourth-order valence-corrected chi connectivity index (χ4v) is 1.34. The molecule has 2 aromatic rings. The highest BCUT2D eigenvalue weighted by Gasteiger charge is 2.03. The molecule has 1 aromatic heterocycles. The number of aromatic nitrogens is 2. The summed E-state index contributed by atoms with van der Waals surface area (Å²) >= 11 is 0. The molecule has 1 aromatic carbocycles. The third-order valence-electron chi connectivity index (χ3n) is 2.09. The predicted molar refractivity (Wildman–Crippen MR) is 54.8 cm³/mol. The van der Waals surface area contributed by atoms with Crippen LogP contribution in [-0.4, -0.2) is 17.3 Å². The van der Waals surface area contributed by atoms with E-state index in [2.05, 4.69) is 10.1 Å². The van der Waals surface area contributed by atoms with Crippen LogP contribution in [-0.2, 0) is 6.42 Å². The topological polar surface area (TPSA) is 48.2 Å². The smallest absolute Gasteiger partial charge is 0.223 e. The first kappa shape index (κ1) is 9.71. The minimum atomic E-state index is 0.596. The second kappa shape index (κ2) is 4.13. The van der Waals surface area contributed by atoms with E-state index >= 15 is 0 Å². The Kier molecular flexibility index (Phi) is 2.67. The lowest BCUT2D eigenvalue weighted by Gasteiger charge is -2.00. The molecule has 0 saturated carbocycles. The lowest BCUT2D eigenvalue weighted by Crippen LogP contribution is -1.91. The maximum Gasteiger partial charge on any atom is 0.223 e. The van der Waals surface area contributed by atoms with Gasteiger partial charge >= 0.3 is 0 Å². The van der Waals surface area contributed by atoms with Crippen LogP contribution in [0.5, 0.6) is 5.75 Å². The molecule has 78 valence electrons. The van der Waals surface area contributed by atoms with Crippen molar-refractivity contribution in [3.05, 3.63) is 41.5 Å². The molecule has 0 N–H and O–H groups in total. The number of nitrogens with zero attached hydrogens (tertiary/aromatic N) is 2. The van der Waals surface area contributed by atoms with E-state index in [1.165, 1.54) is 0 Å². The number of rotatable bonds is 3. The van der Waals surface area contributed by atoms with Crippen molar-refractivity contribution in [1.82, 2.24) is 10.1 Å². The quantitative estimate of drug-likeness (QED) is 0.767. The van der Waals surface area contributed by atoms with Crippen LogP contribution in [0.25, 0.3) is 0 Å². The zero-order chi connectivity index (χ0) is 10.7. The van der Waals surface area contributed by atoms with Gasteiger partial charge in [0.05, 0.1) is 7.11 Å². The molecule has 0 aliphatic rings. The average molecular weight is 204 g/mol. The van der Waals surface area contributed by atoms with Gasteiger partial charge < -0.3 is 9.26 Å². The Morgan fingerprint density at radius 2 is 2.00 bits per heavy atom. The molecule has 4 nitrogen and oxygen atoms in total. The molecule has 0 aliphatic carbocycles. The first-order valence-electron chi connectivity index (χ1n) is 4.70. The second-order valence-electron chi connectivity index (χ2n) is 3.25. The highest BCUT2D eigenvalue weighted by Crippen LogP contribution is 2.13. The molecule has 0 bridgehead atoms. The van der Waals surface area contributed by atoms with Crippen LogP contribution in [0.4, 0.5) is 0 Å². The van der Waals surface area contributed by atoms with Gasteiger partial charge in [-0.25, -0.2) is 0 Å². The first-order chi connectivity index (χ1) is 7.28. The zero-order valence-corrected chi connectivity index (χ0v) is 8.73. The van der Waals surface area contributed by atoms with Gasteiger partial charge in [0.15, 0.2) is 5.82 Å². The van der Waals surface area contributed by atoms with Gasteiger partial charge in [-0.2, -0.15) is 4.98 Å². The molecule has 4 heteroatoms. The van der Waals surface area contributed by atoms with Gasteiger partial charge in [0, 0.05) is 13.3 Å². The van der Waals surface area contributed by atoms with E-state index in [-0.39, 0.29) is 0 Å². The van der Waals surface area contributed by atoms with Crippen LogP contribution in [0.2, 0.25) is 0 Å². The summed E-state index contributed by atoms with van der Waals surface area (Å²) in [7, 11) is 1.65. The molecular formula is C11H12N2O2. The van der Waals surface area contributed by atoms with Gasteiger partial charge in [0.2, 0.25) is 5.89 Å². The van der Waals surface area contributed by atoms with Gasteiger partial charge in [-0.1, -0.05) is 17.3 Å². The van der Waals surface area contributed by atoms with Crippen molar-refractivity contribution in [3.8, 4) is 5.75 Å². The van der Waals surface area contributed by atoms with E-state index in [0.29, 0.717) is 18.1 Å². The molecule has 0 radical (unpaired) electrons. The van der Waals surface area contributed by atoms with Crippen molar-refractivity contribution in [1.29, 1.82) is 0 Å². The van der Waals surface area contributed by atoms with Gasteiger partial charge in [-0.05, 0) is 17.7 Å². The molecular weight excluding hydrogens is 192 g/mol. The number of hydrogen-bond donors (Lipinski definition) is 0. The number of hydrogen-bond acceptors (Lipinski definition) is 4. The van der Waals surface area contributed by atoms with E-state index in [4.69, 9.17) is 9.26 Å². The number of methoxy groups -OCH3 is 1. The predicted octanol–water partition coefficient (Wildman–Crippen LogP) is 1.98. The Balaban J connectivity index is 2.11. The Bertz CT molecular complexity index is 434. The third-order valence-corrected chi connectivity index (χ3v) is 2.09. The molecule has 0 fully saturated rings. The van der Waals surface area contributed by atoms with Crippen LogP contribution in [0.15, 0.2) is 28.8 Å². The summed E-state index contributed by atoms with van der Waals surface area (Å²) < 4.78 is 9.97. The Hall–Kier alpha value is -1.84. The molecule has 0 spiro atoms. The summed E-state index contributed by atoms with van der Waals surface area (Å²) in [6.45, 7) is 1.78. The number of benzene rings is 1. The molecule has 15 heavy (non-hydrogen) atoms. The van der Waals surface area contributed by atoms with Crippen molar-refractivity contribution in [2.24, 2.45) is 0 Å². The third kappa shape index (κ3) is 2.34. The summed E-state index contributed by atoms with van der Waals surface area (Å²) in [4.78, 5) is 4.14. The highest BCUT2D eigenvalue weighted by molar-refractivity contribution is 5.28. The Morgan fingerprint density at radius 1 is 1.27 bits per heavy atom. The Morgan fingerprint density at radius 3 is 2.53 bits per heavy atom. The minimum Gasteiger partial charge on any atom is -0.497 e. The van der Waals surface area contributed by atoms with Crippen molar-refractivity contribution in [2.45, 2.75) is 13.3 Å². The van der Waals surface area contributed by atoms with Crippen LogP contribution in [0.1, 0.15) is 17.3 Å². The summed E-state index contributed by atoms with van der Waals surface area (Å²) in [5.41, 5.74) is 1.14. The van der Waals surface area contributed by atoms with Crippen molar-refractivity contribution < 1.29 is 9.26 Å². The van der Waals surface area contributed by atoms with Crippen LogP contribution < -0.4 is 4.74 Å². The fourth-order valence-electron chi connectivity index (χ4n) is 1.34. The standard InChI is InChI=1S/C11H12N2O2/c1-8-12-11(13-15-8)7-9-3-5-10(14-2)6-4-9/h3-6H,7H2,1-2H3. The average Bonchev–Trinajstić information content (AvgIpc) is 2.65. The van der Waals surface area contributed by atoms with E-state index in [0.717, 1.165) is 11.3 Å². The van der Waals surface area contributed by atoms with Gasteiger partial charge in [0.1, 0.15) is 5.75 Å². The lowest BCUT2D eigenvalue weighted by atomic mass is 10.1. The summed E-state index contributed by atoms with van der Waals surface area (Å²) in [6.07, 6.45) is 0.682. The van der Waals surface area contributed by atoms with E-state index in [1.807, 2.05) is 24.3 Å². The molecule has 0 unspecified atom stereocenters. The molecule has 1 heterocycles. The first-order valence-corrected chi connectivity index (χ1v) is 4.70. The summed E-state index contributed by atoms with van der Waals surface area (Å²) in [5.74, 6) is 2.15. The van der Waals surface area contributed by atoms with Crippen LogP contribution in [0.3, 0.4) is 0 Å².